The summed E-state index contributed by atoms with van der Waals surface area (Å²) in [6.07, 6.45) is -4.46. The average molecular weight is 570 g/mol. The van der Waals surface area contributed by atoms with Crippen molar-refractivity contribution in [2.75, 3.05) is 10.8 Å². The van der Waals surface area contributed by atoms with Crippen molar-refractivity contribution < 1.29 is 35.8 Å². The van der Waals surface area contributed by atoms with Crippen molar-refractivity contribution >= 4 is 27.3 Å². The summed E-state index contributed by atoms with van der Waals surface area (Å²) in [4.78, 5) is -0.519. The number of hydrogen-bond donors (Lipinski definition) is 1. The molecule has 0 bridgehead atoms. The van der Waals surface area contributed by atoms with E-state index < -0.39 is 38.6 Å². The van der Waals surface area contributed by atoms with Crippen LogP contribution in [0.4, 0.5) is 23.2 Å². The van der Waals surface area contributed by atoms with Crippen LogP contribution in [0, 0.1) is 5.82 Å². The van der Waals surface area contributed by atoms with Crippen LogP contribution in [-0.4, -0.2) is 26.2 Å². The standard InChI is InChI=1S/C27H24ClF4NO4S/c1-17(34)8-11-20-16-33(38(35,36)21-5-2-4-19(15-21)27(30,31)32)25-14-18(10-13-26(25)37-20)9-12-22-23(28)6-3-7-24(22)29/h2-7,10,13-15,20,34H,1,8-9,11-12,16H2. The van der Waals surface area contributed by atoms with Gasteiger partial charge in [0.25, 0.3) is 10.0 Å². The lowest BCUT2D eigenvalue weighted by atomic mass is 10.0. The number of sulfonamides is 1. The highest BCUT2D eigenvalue weighted by Crippen LogP contribution is 2.40. The molecule has 0 saturated heterocycles. The van der Waals surface area contributed by atoms with Crippen LogP contribution in [0.1, 0.15) is 29.5 Å². The number of rotatable bonds is 8. The van der Waals surface area contributed by atoms with Gasteiger partial charge in [0.05, 0.1) is 28.5 Å². The smallest absolute Gasteiger partial charge is 0.416 e. The third kappa shape index (κ3) is 6.07. The monoisotopic (exact) mass is 569 g/mol. The van der Waals surface area contributed by atoms with E-state index in [1.54, 1.807) is 24.3 Å². The highest BCUT2D eigenvalue weighted by Gasteiger charge is 2.37. The number of hydrogen-bond acceptors (Lipinski definition) is 4. The van der Waals surface area contributed by atoms with Gasteiger partial charge in [0.1, 0.15) is 17.7 Å². The van der Waals surface area contributed by atoms with Gasteiger partial charge in [0.2, 0.25) is 0 Å². The second-order valence-corrected chi connectivity index (χ2v) is 11.2. The molecule has 1 aliphatic heterocycles. The van der Waals surface area contributed by atoms with Gasteiger partial charge in [-0.25, -0.2) is 12.8 Å². The topological polar surface area (TPSA) is 66.8 Å². The first kappa shape index (κ1) is 27.8. The Morgan fingerprint density at radius 2 is 1.84 bits per heavy atom. The molecule has 0 spiro atoms. The molecule has 1 heterocycles. The van der Waals surface area contributed by atoms with E-state index in [1.807, 2.05) is 0 Å². The molecule has 0 radical (unpaired) electrons. The third-order valence-electron chi connectivity index (χ3n) is 6.18. The fourth-order valence-electron chi connectivity index (χ4n) is 4.22. The molecule has 3 aromatic rings. The molecule has 1 aliphatic rings. The second kappa shape index (κ2) is 10.9. The minimum absolute atomic E-state index is 0.103. The van der Waals surface area contributed by atoms with Crippen LogP contribution >= 0.6 is 11.6 Å². The molecule has 3 aromatic carbocycles. The summed E-state index contributed by atoms with van der Waals surface area (Å²) in [5, 5.41) is 9.76. The van der Waals surface area contributed by atoms with Gasteiger partial charge in [-0.15, -0.1) is 0 Å². The Hall–Kier alpha value is -3.24. The van der Waals surface area contributed by atoms with E-state index in [0.29, 0.717) is 23.6 Å². The molecule has 11 heteroatoms. The first-order valence-electron chi connectivity index (χ1n) is 11.7. The molecule has 1 N–H and O–H groups in total. The predicted octanol–water partition coefficient (Wildman–Crippen LogP) is 7.09. The number of benzene rings is 3. The number of aryl methyl sites for hydroxylation is 1. The van der Waals surface area contributed by atoms with E-state index in [0.717, 1.165) is 22.5 Å². The lowest BCUT2D eigenvalue weighted by Crippen LogP contribution is -2.43. The largest absolute Gasteiger partial charge is 0.513 e. The van der Waals surface area contributed by atoms with E-state index >= 15 is 0 Å². The Morgan fingerprint density at radius 1 is 1.11 bits per heavy atom. The summed E-state index contributed by atoms with van der Waals surface area (Å²) in [7, 11) is -4.44. The number of anilines is 1. The summed E-state index contributed by atoms with van der Waals surface area (Å²) in [5.74, 6) is -0.345. The van der Waals surface area contributed by atoms with Crippen LogP contribution in [0.15, 0.2) is 77.9 Å². The maximum absolute atomic E-state index is 14.2. The second-order valence-electron chi connectivity index (χ2n) is 8.91. The van der Waals surface area contributed by atoms with Crippen molar-refractivity contribution in [2.24, 2.45) is 0 Å². The van der Waals surface area contributed by atoms with E-state index in [2.05, 4.69) is 6.58 Å². The van der Waals surface area contributed by atoms with Crippen molar-refractivity contribution in [3.8, 4) is 5.75 Å². The normalized spacial score (nSPS) is 15.6. The average Bonchev–Trinajstić information content (AvgIpc) is 2.86. The van der Waals surface area contributed by atoms with Crippen LogP contribution in [0.25, 0.3) is 0 Å². The number of alkyl halides is 3. The molecule has 202 valence electrons. The van der Waals surface area contributed by atoms with Crippen LogP contribution in [-0.2, 0) is 29.0 Å². The van der Waals surface area contributed by atoms with Gasteiger partial charge in [-0.3, -0.25) is 4.31 Å². The zero-order chi connectivity index (χ0) is 27.7. The molecule has 0 fully saturated rings. The van der Waals surface area contributed by atoms with Gasteiger partial charge in [0.15, 0.2) is 0 Å². The SMILES string of the molecule is C=C(O)CCC1CN(S(=O)(=O)c2cccc(C(F)(F)F)c2)c2cc(CCc3c(F)cccc3Cl)ccc2O1. The summed E-state index contributed by atoms with van der Waals surface area (Å²) >= 11 is 6.12. The van der Waals surface area contributed by atoms with Gasteiger partial charge in [0, 0.05) is 17.0 Å². The van der Waals surface area contributed by atoms with Crippen LogP contribution < -0.4 is 9.04 Å². The molecule has 1 unspecified atom stereocenters. The fraction of sp³-hybridized carbons (Fsp3) is 0.259. The maximum Gasteiger partial charge on any atom is 0.416 e. The van der Waals surface area contributed by atoms with Gasteiger partial charge in [-0.1, -0.05) is 36.4 Å². The molecule has 38 heavy (non-hydrogen) atoms. The molecular weight excluding hydrogens is 546 g/mol. The van der Waals surface area contributed by atoms with E-state index in [4.69, 9.17) is 16.3 Å². The van der Waals surface area contributed by atoms with Crippen molar-refractivity contribution in [1.29, 1.82) is 0 Å². The lowest BCUT2D eigenvalue weighted by Gasteiger charge is -2.36. The Bertz CT molecular complexity index is 1440. The summed E-state index contributed by atoms with van der Waals surface area (Å²) in [5.41, 5.74) is 0.0355. The van der Waals surface area contributed by atoms with Gasteiger partial charge in [-0.2, -0.15) is 13.2 Å². The molecule has 0 aromatic heterocycles. The molecule has 4 rings (SSSR count). The Morgan fingerprint density at radius 3 is 2.53 bits per heavy atom. The molecule has 0 saturated carbocycles. The van der Waals surface area contributed by atoms with Crippen molar-refractivity contribution in [3.63, 3.8) is 0 Å². The number of fused-ring (bicyclic) bond motifs is 1. The van der Waals surface area contributed by atoms with Gasteiger partial charge in [-0.05, 0) is 67.3 Å². The molecular formula is C27H24ClF4NO4S. The zero-order valence-electron chi connectivity index (χ0n) is 20.0. The molecule has 5 nitrogen and oxygen atoms in total. The number of ether oxygens (including phenoxy) is 1. The number of allylic oxidation sites excluding steroid dienone is 1. The third-order valence-corrected chi connectivity index (χ3v) is 8.31. The van der Waals surface area contributed by atoms with Crippen molar-refractivity contribution in [1.82, 2.24) is 0 Å². The number of nitrogens with zero attached hydrogens (tertiary/aromatic N) is 1. The highest BCUT2D eigenvalue weighted by atomic mass is 35.5. The van der Waals surface area contributed by atoms with Crippen molar-refractivity contribution in [3.05, 3.63) is 101 Å². The van der Waals surface area contributed by atoms with Gasteiger partial charge >= 0.3 is 6.18 Å². The first-order chi connectivity index (χ1) is 17.9. The quantitative estimate of drug-likeness (QED) is 0.232. The number of halogens is 5. The first-order valence-corrected chi connectivity index (χ1v) is 13.5. The summed E-state index contributed by atoms with van der Waals surface area (Å²) in [6, 6.07) is 12.8. The van der Waals surface area contributed by atoms with E-state index in [1.165, 1.54) is 12.1 Å². The zero-order valence-corrected chi connectivity index (χ0v) is 21.6. The summed E-state index contributed by atoms with van der Waals surface area (Å²) in [6.45, 7) is 3.23. The Balaban J connectivity index is 1.71. The van der Waals surface area contributed by atoms with Crippen LogP contribution in [0.3, 0.4) is 0 Å². The van der Waals surface area contributed by atoms with Crippen molar-refractivity contribution in [2.45, 2.75) is 42.9 Å². The van der Waals surface area contributed by atoms with E-state index in [-0.39, 0.29) is 48.0 Å². The predicted molar refractivity (Wildman–Crippen MR) is 137 cm³/mol. The summed E-state index contributed by atoms with van der Waals surface area (Å²) < 4.78 is 88.5. The Labute approximate surface area is 223 Å². The minimum Gasteiger partial charge on any atom is -0.513 e. The number of aliphatic hydroxyl groups is 1. The number of aliphatic hydroxyl groups excluding tert-OH is 1. The van der Waals surface area contributed by atoms with Gasteiger partial charge < -0.3 is 9.84 Å². The highest BCUT2D eigenvalue weighted by molar-refractivity contribution is 7.92. The maximum atomic E-state index is 14.2. The van der Waals surface area contributed by atoms with E-state index in [9.17, 15) is 31.1 Å². The molecule has 0 aliphatic carbocycles. The Kier molecular flexibility index (Phi) is 7.94. The van der Waals surface area contributed by atoms with Crippen LogP contribution in [0.5, 0.6) is 5.75 Å². The van der Waals surface area contributed by atoms with Crippen LogP contribution in [0.2, 0.25) is 5.02 Å². The fourth-order valence-corrected chi connectivity index (χ4v) is 6.02. The molecule has 1 atom stereocenters. The molecule has 0 amide bonds. The lowest BCUT2D eigenvalue weighted by molar-refractivity contribution is -0.137. The minimum atomic E-state index is -4.72.